The highest BCUT2D eigenvalue weighted by Gasteiger charge is 2.22. The van der Waals surface area contributed by atoms with E-state index in [4.69, 9.17) is 0 Å². The predicted octanol–water partition coefficient (Wildman–Crippen LogP) is 4.27. The Morgan fingerprint density at radius 3 is 2.81 bits per heavy atom. The standard InChI is InChI=1S/C14H14OS/c15-12(8-10-4-3-5-10)14-9-11-6-1-2-7-13(11)16-14/h1-2,6-7,9-10H,3-5,8H2. The maximum atomic E-state index is 12.0. The third-order valence-electron chi connectivity index (χ3n) is 3.40. The van der Waals surface area contributed by atoms with Crippen LogP contribution in [0.5, 0.6) is 0 Å². The van der Waals surface area contributed by atoms with Crippen LogP contribution >= 0.6 is 11.3 Å². The van der Waals surface area contributed by atoms with Gasteiger partial charge in [0.1, 0.15) is 0 Å². The second-order valence-electron chi connectivity index (χ2n) is 4.57. The minimum atomic E-state index is 0.339. The molecule has 0 aliphatic heterocycles. The molecule has 1 aliphatic carbocycles. The van der Waals surface area contributed by atoms with Gasteiger partial charge in [0.15, 0.2) is 5.78 Å². The van der Waals surface area contributed by atoms with Gasteiger partial charge in [-0.1, -0.05) is 37.5 Å². The molecule has 1 aromatic carbocycles. The summed E-state index contributed by atoms with van der Waals surface area (Å²) in [6.07, 6.45) is 4.56. The summed E-state index contributed by atoms with van der Waals surface area (Å²) < 4.78 is 1.22. The van der Waals surface area contributed by atoms with Crippen molar-refractivity contribution in [1.82, 2.24) is 0 Å². The minimum Gasteiger partial charge on any atom is -0.293 e. The predicted molar refractivity (Wildman–Crippen MR) is 68.1 cm³/mol. The smallest absolute Gasteiger partial charge is 0.173 e. The molecule has 0 N–H and O–H groups in total. The van der Waals surface area contributed by atoms with Crippen LogP contribution in [0.3, 0.4) is 0 Å². The van der Waals surface area contributed by atoms with Crippen LogP contribution in [0.4, 0.5) is 0 Å². The number of ketones is 1. The molecule has 2 aromatic rings. The Labute approximate surface area is 99.1 Å². The lowest BCUT2D eigenvalue weighted by atomic mass is 9.82. The summed E-state index contributed by atoms with van der Waals surface area (Å²) in [6.45, 7) is 0. The number of Topliss-reactive ketones (excluding diaryl/α,β-unsaturated/α-hetero) is 1. The molecule has 1 saturated carbocycles. The summed E-state index contributed by atoms with van der Waals surface area (Å²) in [4.78, 5) is 13.0. The second-order valence-corrected chi connectivity index (χ2v) is 5.66. The number of benzene rings is 1. The van der Waals surface area contributed by atoms with Crippen molar-refractivity contribution in [1.29, 1.82) is 0 Å². The minimum absolute atomic E-state index is 0.339. The first-order chi connectivity index (χ1) is 7.83. The van der Waals surface area contributed by atoms with Crippen LogP contribution in [0.15, 0.2) is 30.3 Å². The SMILES string of the molecule is O=C(CC1CCC1)c1cc2ccccc2s1. The molecule has 0 unspecified atom stereocenters. The van der Waals surface area contributed by atoms with Crippen molar-refractivity contribution in [3.63, 3.8) is 0 Å². The van der Waals surface area contributed by atoms with E-state index in [1.807, 2.05) is 18.2 Å². The van der Waals surface area contributed by atoms with E-state index in [0.29, 0.717) is 11.7 Å². The van der Waals surface area contributed by atoms with E-state index >= 15 is 0 Å². The normalized spacial score (nSPS) is 16.2. The summed E-state index contributed by atoms with van der Waals surface area (Å²) in [5, 5.41) is 1.20. The summed E-state index contributed by atoms with van der Waals surface area (Å²) >= 11 is 1.63. The van der Waals surface area contributed by atoms with Gasteiger partial charge in [-0.05, 0) is 23.4 Å². The maximum absolute atomic E-state index is 12.0. The lowest BCUT2D eigenvalue weighted by Crippen LogP contribution is -2.15. The molecular formula is C14H14OS. The van der Waals surface area contributed by atoms with Crippen LogP contribution in [-0.2, 0) is 0 Å². The van der Waals surface area contributed by atoms with Crippen LogP contribution in [-0.4, -0.2) is 5.78 Å². The first-order valence-electron chi connectivity index (χ1n) is 5.85. The molecule has 82 valence electrons. The van der Waals surface area contributed by atoms with Gasteiger partial charge in [0.05, 0.1) is 4.88 Å². The number of thiophene rings is 1. The molecule has 1 fully saturated rings. The fourth-order valence-corrected chi connectivity index (χ4v) is 3.19. The van der Waals surface area contributed by atoms with Crippen molar-refractivity contribution in [3.8, 4) is 0 Å². The number of carbonyl (C=O) groups is 1. The quantitative estimate of drug-likeness (QED) is 0.719. The van der Waals surface area contributed by atoms with E-state index in [1.165, 1.54) is 29.3 Å². The molecule has 3 rings (SSSR count). The second kappa shape index (κ2) is 4.02. The number of fused-ring (bicyclic) bond motifs is 1. The summed E-state index contributed by atoms with van der Waals surface area (Å²) in [6, 6.07) is 10.3. The molecule has 1 aliphatic rings. The van der Waals surface area contributed by atoms with E-state index < -0.39 is 0 Å². The van der Waals surface area contributed by atoms with Crippen LogP contribution in [0.25, 0.3) is 10.1 Å². The summed E-state index contributed by atoms with van der Waals surface area (Å²) in [5.74, 6) is 1.00. The highest BCUT2D eigenvalue weighted by Crippen LogP contribution is 2.33. The molecule has 0 saturated heterocycles. The average molecular weight is 230 g/mol. The molecule has 0 amide bonds. The van der Waals surface area contributed by atoms with Crippen molar-refractivity contribution in [2.45, 2.75) is 25.7 Å². The lowest BCUT2D eigenvalue weighted by molar-refractivity contribution is 0.0940. The lowest BCUT2D eigenvalue weighted by Gasteiger charge is -2.23. The summed E-state index contributed by atoms with van der Waals surface area (Å²) in [5.41, 5.74) is 0. The van der Waals surface area contributed by atoms with Crippen LogP contribution in [0, 0.1) is 5.92 Å². The third-order valence-corrected chi connectivity index (χ3v) is 4.56. The monoisotopic (exact) mass is 230 g/mol. The number of rotatable bonds is 3. The van der Waals surface area contributed by atoms with Crippen LogP contribution in [0.1, 0.15) is 35.4 Å². The van der Waals surface area contributed by atoms with Gasteiger partial charge in [-0.3, -0.25) is 4.79 Å². The molecular weight excluding hydrogens is 216 g/mol. The Bertz CT molecular complexity index is 489. The van der Waals surface area contributed by atoms with Crippen molar-refractivity contribution in [3.05, 3.63) is 35.2 Å². The van der Waals surface area contributed by atoms with Gasteiger partial charge < -0.3 is 0 Å². The van der Waals surface area contributed by atoms with Gasteiger partial charge in [-0.25, -0.2) is 0 Å². The third kappa shape index (κ3) is 1.78. The fraction of sp³-hybridized carbons (Fsp3) is 0.357. The van der Waals surface area contributed by atoms with E-state index in [9.17, 15) is 4.79 Å². The number of carbonyl (C=O) groups excluding carboxylic acids is 1. The Morgan fingerprint density at radius 2 is 2.12 bits per heavy atom. The molecule has 0 bridgehead atoms. The zero-order valence-electron chi connectivity index (χ0n) is 9.11. The summed E-state index contributed by atoms with van der Waals surface area (Å²) in [7, 11) is 0. The zero-order chi connectivity index (χ0) is 11.0. The van der Waals surface area contributed by atoms with Crippen LogP contribution < -0.4 is 0 Å². The largest absolute Gasteiger partial charge is 0.293 e. The zero-order valence-corrected chi connectivity index (χ0v) is 9.93. The van der Waals surface area contributed by atoms with Gasteiger partial charge in [0.25, 0.3) is 0 Å². The molecule has 1 aromatic heterocycles. The first kappa shape index (κ1) is 10.0. The highest BCUT2D eigenvalue weighted by atomic mass is 32.1. The van der Waals surface area contributed by atoms with E-state index in [-0.39, 0.29) is 0 Å². The van der Waals surface area contributed by atoms with E-state index in [1.54, 1.807) is 11.3 Å². The van der Waals surface area contributed by atoms with Crippen molar-refractivity contribution in [2.75, 3.05) is 0 Å². The van der Waals surface area contributed by atoms with E-state index in [2.05, 4.69) is 12.1 Å². The molecule has 0 radical (unpaired) electrons. The van der Waals surface area contributed by atoms with Gasteiger partial charge in [-0.2, -0.15) is 0 Å². The van der Waals surface area contributed by atoms with Crippen molar-refractivity contribution < 1.29 is 4.79 Å². The number of hydrogen-bond donors (Lipinski definition) is 0. The Balaban J connectivity index is 1.84. The first-order valence-corrected chi connectivity index (χ1v) is 6.66. The van der Waals surface area contributed by atoms with Crippen molar-refractivity contribution >= 4 is 27.2 Å². The average Bonchev–Trinajstić information content (AvgIpc) is 2.66. The number of hydrogen-bond acceptors (Lipinski definition) is 2. The van der Waals surface area contributed by atoms with Gasteiger partial charge in [0, 0.05) is 11.1 Å². The Kier molecular flexibility index (Phi) is 2.52. The topological polar surface area (TPSA) is 17.1 Å². The Morgan fingerprint density at radius 1 is 1.31 bits per heavy atom. The fourth-order valence-electron chi connectivity index (χ4n) is 2.18. The molecule has 16 heavy (non-hydrogen) atoms. The molecule has 0 atom stereocenters. The van der Waals surface area contributed by atoms with Crippen LogP contribution in [0.2, 0.25) is 0 Å². The van der Waals surface area contributed by atoms with Crippen molar-refractivity contribution in [2.24, 2.45) is 5.92 Å². The Hall–Kier alpha value is -1.15. The van der Waals surface area contributed by atoms with Gasteiger partial charge >= 0.3 is 0 Å². The molecule has 1 heterocycles. The maximum Gasteiger partial charge on any atom is 0.173 e. The molecule has 2 heteroatoms. The highest BCUT2D eigenvalue weighted by molar-refractivity contribution is 7.20. The van der Waals surface area contributed by atoms with Gasteiger partial charge in [0.2, 0.25) is 0 Å². The molecule has 1 nitrogen and oxygen atoms in total. The van der Waals surface area contributed by atoms with E-state index in [0.717, 1.165) is 11.3 Å². The van der Waals surface area contributed by atoms with Gasteiger partial charge in [-0.15, -0.1) is 11.3 Å². The molecule has 0 spiro atoms.